The van der Waals surface area contributed by atoms with Crippen LogP contribution in [0, 0.1) is 5.82 Å². The topological polar surface area (TPSA) is 12.0 Å². The number of rotatable bonds is 5. The van der Waals surface area contributed by atoms with Crippen molar-refractivity contribution in [2.75, 3.05) is 6.54 Å². The molecule has 1 aromatic carbocycles. The lowest BCUT2D eigenvalue weighted by atomic mass is 10.1. The monoisotopic (exact) mass is 273 g/mol. The molecule has 1 unspecified atom stereocenters. The molecular weight excluding hydrogens is 257 g/mol. The van der Waals surface area contributed by atoms with E-state index in [1.165, 1.54) is 6.07 Å². The van der Waals surface area contributed by atoms with Crippen LogP contribution in [0.2, 0.25) is 0 Å². The predicted octanol–water partition coefficient (Wildman–Crippen LogP) is 3.52. The molecule has 1 rings (SSSR count). The highest BCUT2D eigenvalue weighted by atomic mass is 79.9. The third-order valence-corrected chi connectivity index (χ3v) is 2.80. The number of halogens is 2. The average molecular weight is 274 g/mol. The number of nitrogens with one attached hydrogen (secondary N) is 1. The molecule has 1 atom stereocenters. The van der Waals surface area contributed by atoms with E-state index in [0.717, 1.165) is 29.4 Å². The van der Waals surface area contributed by atoms with Gasteiger partial charge in [0.05, 0.1) is 0 Å². The second kappa shape index (κ2) is 6.23. The molecule has 0 aliphatic heterocycles. The molecule has 84 valence electrons. The largest absolute Gasteiger partial charge is 0.315 e. The van der Waals surface area contributed by atoms with Gasteiger partial charge in [-0.25, -0.2) is 4.39 Å². The second-order valence-corrected chi connectivity index (χ2v) is 4.69. The van der Waals surface area contributed by atoms with Gasteiger partial charge in [0.1, 0.15) is 5.82 Å². The van der Waals surface area contributed by atoms with E-state index in [1.807, 2.05) is 6.07 Å². The molecule has 0 heterocycles. The normalized spacial score (nSPS) is 12.8. The smallest absolute Gasteiger partial charge is 0.124 e. The first-order valence-corrected chi connectivity index (χ1v) is 6.09. The summed E-state index contributed by atoms with van der Waals surface area (Å²) < 4.78 is 13.9. The van der Waals surface area contributed by atoms with Gasteiger partial charge in [0, 0.05) is 10.5 Å². The first-order valence-electron chi connectivity index (χ1n) is 5.30. The highest BCUT2D eigenvalue weighted by Gasteiger charge is 2.03. The molecule has 0 bridgehead atoms. The van der Waals surface area contributed by atoms with Crippen molar-refractivity contribution in [3.63, 3.8) is 0 Å². The van der Waals surface area contributed by atoms with Crippen LogP contribution in [0.5, 0.6) is 0 Å². The first-order chi connectivity index (χ1) is 7.11. The molecule has 3 heteroatoms. The van der Waals surface area contributed by atoms with Gasteiger partial charge in [-0.1, -0.05) is 22.9 Å². The van der Waals surface area contributed by atoms with Gasteiger partial charge in [0.2, 0.25) is 0 Å². The average Bonchev–Trinajstić information content (AvgIpc) is 2.14. The summed E-state index contributed by atoms with van der Waals surface area (Å²) in [6.07, 6.45) is 1.94. The van der Waals surface area contributed by atoms with E-state index >= 15 is 0 Å². The van der Waals surface area contributed by atoms with Crippen molar-refractivity contribution in [2.45, 2.75) is 32.7 Å². The van der Waals surface area contributed by atoms with Crippen LogP contribution in [0.25, 0.3) is 0 Å². The molecule has 0 saturated heterocycles. The maximum Gasteiger partial charge on any atom is 0.124 e. The molecule has 1 aromatic rings. The Labute approximate surface area is 99.2 Å². The summed E-state index contributed by atoms with van der Waals surface area (Å²) in [6, 6.07) is 5.54. The highest BCUT2D eigenvalue weighted by molar-refractivity contribution is 9.10. The third-order valence-electron chi connectivity index (χ3n) is 2.34. The molecule has 0 radical (unpaired) electrons. The van der Waals surface area contributed by atoms with Gasteiger partial charge >= 0.3 is 0 Å². The molecule has 0 aliphatic carbocycles. The van der Waals surface area contributed by atoms with Gasteiger partial charge in [-0.2, -0.15) is 0 Å². The van der Waals surface area contributed by atoms with Crippen molar-refractivity contribution in [2.24, 2.45) is 0 Å². The standard InChI is InChI=1S/C12H17BrFN/c1-3-15-9(2)4-5-10-6-11(13)8-12(14)7-10/h6-9,15H,3-5H2,1-2H3. The summed E-state index contributed by atoms with van der Waals surface area (Å²) >= 11 is 3.30. The fourth-order valence-electron chi connectivity index (χ4n) is 1.59. The van der Waals surface area contributed by atoms with E-state index in [1.54, 1.807) is 6.07 Å². The molecule has 1 nitrogen and oxygen atoms in total. The van der Waals surface area contributed by atoms with Crippen LogP contribution < -0.4 is 5.32 Å². The number of aryl methyl sites for hydroxylation is 1. The molecular formula is C12H17BrFN. The van der Waals surface area contributed by atoms with Crippen molar-refractivity contribution in [1.29, 1.82) is 0 Å². The lowest BCUT2D eigenvalue weighted by Crippen LogP contribution is -2.25. The zero-order chi connectivity index (χ0) is 11.3. The fourth-order valence-corrected chi connectivity index (χ4v) is 2.10. The van der Waals surface area contributed by atoms with Crippen molar-refractivity contribution in [1.82, 2.24) is 5.32 Å². The second-order valence-electron chi connectivity index (χ2n) is 3.78. The molecule has 15 heavy (non-hydrogen) atoms. The van der Waals surface area contributed by atoms with E-state index < -0.39 is 0 Å². The van der Waals surface area contributed by atoms with E-state index in [-0.39, 0.29) is 5.82 Å². The van der Waals surface area contributed by atoms with Crippen molar-refractivity contribution >= 4 is 15.9 Å². The highest BCUT2D eigenvalue weighted by Crippen LogP contribution is 2.16. The number of hydrogen-bond acceptors (Lipinski definition) is 1. The first kappa shape index (κ1) is 12.7. The number of benzene rings is 1. The van der Waals surface area contributed by atoms with Gasteiger partial charge in [-0.3, -0.25) is 0 Å². The third kappa shape index (κ3) is 4.76. The summed E-state index contributed by atoms with van der Waals surface area (Å²) in [5.41, 5.74) is 1.05. The Kier molecular flexibility index (Phi) is 5.26. The van der Waals surface area contributed by atoms with Crippen LogP contribution in [0.1, 0.15) is 25.8 Å². The molecule has 0 amide bonds. The minimum absolute atomic E-state index is 0.171. The maximum atomic E-state index is 13.1. The molecule has 0 aromatic heterocycles. The quantitative estimate of drug-likeness (QED) is 0.866. The lowest BCUT2D eigenvalue weighted by Gasteiger charge is -2.11. The van der Waals surface area contributed by atoms with Crippen LogP contribution in [0.3, 0.4) is 0 Å². The van der Waals surface area contributed by atoms with Crippen molar-refractivity contribution in [3.8, 4) is 0 Å². The van der Waals surface area contributed by atoms with Crippen molar-refractivity contribution in [3.05, 3.63) is 34.1 Å². The van der Waals surface area contributed by atoms with Gasteiger partial charge in [-0.15, -0.1) is 0 Å². The minimum Gasteiger partial charge on any atom is -0.315 e. The van der Waals surface area contributed by atoms with Crippen molar-refractivity contribution < 1.29 is 4.39 Å². The molecule has 0 aliphatic rings. The SMILES string of the molecule is CCNC(C)CCc1cc(F)cc(Br)c1. The predicted molar refractivity (Wildman–Crippen MR) is 65.6 cm³/mol. The molecule has 0 saturated carbocycles. The van der Waals surface area contributed by atoms with Gasteiger partial charge in [0.15, 0.2) is 0 Å². The summed E-state index contributed by atoms with van der Waals surface area (Å²) in [5, 5.41) is 3.34. The van der Waals surface area contributed by atoms with Crippen LogP contribution in [0.15, 0.2) is 22.7 Å². The Bertz CT molecular complexity index is 294. The van der Waals surface area contributed by atoms with E-state index in [4.69, 9.17) is 0 Å². The lowest BCUT2D eigenvalue weighted by molar-refractivity contribution is 0.529. The summed E-state index contributed by atoms with van der Waals surface area (Å²) in [4.78, 5) is 0. The molecule has 0 spiro atoms. The Hall–Kier alpha value is -0.410. The zero-order valence-electron chi connectivity index (χ0n) is 9.19. The van der Waals surface area contributed by atoms with Crippen LogP contribution in [-0.2, 0) is 6.42 Å². The van der Waals surface area contributed by atoms with Gasteiger partial charge in [0.25, 0.3) is 0 Å². The fraction of sp³-hybridized carbons (Fsp3) is 0.500. The summed E-state index contributed by atoms with van der Waals surface area (Å²) in [7, 11) is 0. The van der Waals surface area contributed by atoms with E-state index in [9.17, 15) is 4.39 Å². The maximum absolute atomic E-state index is 13.1. The van der Waals surface area contributed by atoms with Crippen LogP contribution in [-0.4, -0.2) is 12.6 Å². The summed E-state index contributed by atoms with van der Waals surface area (Å²) in [5.74, 6) is -0.171. The van der Waals surface area contributed by atoms with Gasteiger partial charge in [-0.05, 0) is 50.1 Å². The minimum atomic E-state index is -0.171. The Morgan fingerprint density at radius 3 is 2.73 bits per heavy atom. The molecule has 0 fully saturated rings. The Morgan fingerprint density at radius 2 is 2.13 bits per heavy atom. The Balaban J connectivity index is 2.50. The van der Waals surface area contributed by atoms with Gasteiger partial charge < -0.3 is 5.32 Å². The Morgan fingerprint density at radius 1 is 1.40 bits per heavy atom. The van der Waals surface area contributed by atoms with E-state index in [0.29, 0.717) is 6.04 Å². The van der Waals surface area contributed by atoms with E-state index in [2.05, 4.69) is 35.1 Å². The molecule has 1 N–H and O–H groups in total. The zero-order valence-corrected chi connectivity index (χ0v) is 10.8. The number of hydrogen-bond donors (Lipinski definition) is 1. The van der Waals surface area contributed by atoms with Crippen LogP contribution >= 0.6 is 15.9 Å². The van der Waals surface area contributed by atoms with Crippen LogP contribution in [0.4, 0.5) is 4.39 Å². The summed E-state index contributed by atoms with van der Waals surface area (Å²) in [6.45, 7) is 5.22.